The molecule has 11 nitrogen and oxygen atoms in total. The highest BCUT2D eigenvalue weighted by molar-refractivity contribution is 6.02. The number of anilines is 1. The molecule has 0 radical (unpaired) electrons. The van der Waals surface area contributed by atoms with E-state index < -0.39 is 35.2 Å². The first kappa shape index (κ1) is 26.8. The molecule has 3 aromatic rings. The fourth-order valence-electron chi connectivity index (χ4n) is 4.01. The van der Waals surface area contributed by atoms with Gasteiger partial charge in [-0.05, 0) is 55.3 Å². The molecule has 38 heavy (non-hydrogen) atoms. The number of ether oxygens (including phenoxy) is 1. The number of nitrogens with one attached hydrogen (secondary N) is 1. The molecular formula is C26H28FN5O6. The molecule has 200 valence electrons. The van der Waals surface area contributed by atoms with Crippen LogP contribution in [0.2, 0.25) is 0 Å². The predicted octanol–water partition coefficient (Wildman–Crippen LogP) is 2.11. The lowest BCUT2D eigenvalue weighted by atomic mass is 9.97. The van der Waals surface area contributed by atoms with E-state index in [4.69, 9.17) is 15.3 Å². The Hall–Kier alpha value is -4.29. The zero-order valence-corrected chi connectivity index (χ0v) is 21.1. The molecule has 0 unspecified atom stereocenters. The van der Waals surface area contributed by atoms with Crippen molar-refractivity contribution in [1.82, 2.24) is 15.3 Å². The minimum absolute atomic E-state index is 0.0949. The maximum atomic E-state index is 13.8. The SMILES string of the molecule is CN1C(=O)[C@@H](c2nn(C(N)=O)cc2Cc2cccc(F)c2)COc2ccc(C(=O)NOCC(C)(C)O)cc21. The molecule has 2 aromatic carbocycles. The van der Waals surface area contributed by atoms with Crippen LogP contribution in [0.25, 0.3) is 0 Å². The Bertz CT molecular complexity index is 1380. The Balaban J connectivity index is 1.60. The average molecular weight is 526 g/mol. The molecule has 1 aromatic heterocycles. The standard InChI is InChI=1S/C26H28FN5O6/c1-26(2,36)14-38-30-23(33)16-7-8-21-20(11-16)31(3)24(34)19(13-37-21)22-17(12-32(29-22)25(28)35)9-15-5-4-6-18(27)10-15/h4-8,10-12,19,36H,9,13-14H2,1-3H3,(H2,28,35)(H,30,33)/t19-/m1/s1. The number of primary amides is 1. The van der Waals surface area contributed by atoms with Crippen LogP contribution in [-0.4, -0.2) is 58.6 Å². The van der Waals surface area contributed by atoms with Gasteiger partial charge in [-0.2, -0.15) is 9.78 Å². The van der Waals surface area contributed by atoms with Gasteiger partial charge in [0.05, 0.1) is 17.0 Å². The summed E-state index contributed by atoms with van der Waals surface area (Å²) in [7, 11) is 1.53. The second-order valence-electron chi connectivity index (χ2n) is 9.60. The van der Waals surface area contributed by atoms with Crippen LogP contribution in [-0.2, 0) is 16.1 Å². The first-order valence-corrected chi connectivity index (χ1v) is 11.7. The van der Waals surface area contributed by atoms with Crippen LogP contribution < -0.4 is 20.9 Å². The van der Waals surface area contributed by atoms with E-state index in [0.29, 0.717) is 22.6 Å². The Labute approximate surface area is 217 Å². The topological polar surface area (TPSA) is 149 Å². The number of fused-ring (bicyclic) bond motifs is 1. The maximum absolute atomic E-state index is 13.8. The van der Waals surface area contributed by atoms with Gasteiger partial charge < -0.3 is 20.5 Å². The van der Waals surface area contributed by atoms with Crippen molar-refractivity contribution in [3.05, 3.63) is 76.9 Å². The average Bonchev–Trinajstić information content (AvgIpc) is 3.21. The van der Waals surface area contributed by atoms with Crippen LogP contribution in [0.3, 0.4) is 0 Å². The Morgan fingerprint density at radius 1 is 1.29 bits per heavy atom. The molecule has 3 amide bonds. The molecule has 1 atom stereocenters. The minimum Gasteiger partial charge on any atom is -0.490 e. The Morgan fingerprint density at radius 2 is 2.05 bits per heavy atom. The zero-order chi connectivity index (χ0) is 27.6. The van der Waals surface area contributed by atoms with Gasteiger partial charge in [0.2, 0.25) is 5.91 Å². The van der Waals surface area contributed by atoms with E-state index in [9.17, 15) is 23.9 Å². The van der Waals surface area contributed by atoms with Gasteiger partial charge in [0.1, 0.15) is 30.7 Å². The van der Waals surface area contributed by atoms with Crippen molar-refractivity contribution >= 4 is 23.5 Å². The quantitative estimate of drug-likeness (QED) is 0.400. The van der Waals surface area contributed by atoms with Gasteiger partial charge >= 0.3 is 6.03 Å². The Morgan fingerprint density at radius 3 is 2.74 bits per heavy atom. The number of hydroxylamine groups is 1. The van der Waals surface area contributed by atoms with Crippen molar-refractivity contribution in [2.24, 2.45) is 5.73 Å². The van der Waals surface area contributed by atoms with Crippen LogP contribution in [0, 0.1) is 5.82 Å². The zero-order valence-electron chi connectivity index (χ0n) is 21.1. The molecule has 4 N–H and O–H groups in total. The van der Waals surface area contributed by atoms with Crippen molar-refractivity contribution < 1.29 is 33.5 Å². The van der Waals surface area contributed by atoms with Crippen molar-refractivity contribution in [3.63, 3.8) is 0 Å². The van der Waals surface area contributed by atoms with Gasteiger partial charge in [-0.25, -0.2) is 14.7 Å². The third kappa shape index (κ3) is 5.98. The summed E-state index contributed by atoms with van der Waals surface area (Å²) in [6, 6.07) is 9.68. The van der Waals surface area contributed by atoms with Gasteiger partial charge in [0.15, 0.2) is 0 Å². The number of carbonyl (C=O) groups is 3. The van der Waals surface area contributed by atoms with Gasteiger partial charge in [0, 0.05) is 25.2 Å². The number of carbonyl (C=O) groups excluding carboxylic acids is 3. The summed E-state index contributed by atoms with van der Waals surface area (Å²) in [5.74, 6) is -1.94. The van der Waals surface area contributed by atoms with Crippen LogP contribution >= 0.6 is 0 Å². The van der Waals surface area contributed by atoms with Crippen molar-refractivity contribution in [2.75, 3.05) is 25.2 Å². The number of rotatable bonds is 7. The number of amides is 3. The highest BCUT2D eigenvalue weighted by atomic mass is 19.1. The van der Waals surface area contributed by atoms with Gasteiger partial charge in [-0.3, -0.25) is 14.4 Å². The molecule has 1 aliphatic heterocycles. The largest absolute Gasteiger partial charge is 0.490 e. The van der Waals surface area contributed by atoms with Crippen LogP contribution in [0.15, 0.2) is 48.7 Å². The smallest absolute Gasteiger partial charge is 0.339 e. The van der Waals surface area contributed by atoms with E-state index in [2.05, 4.69) is 10.6 Å². The van der Waals surface area contributed by atoms with E-state index in [-0.39, 0.29) is 30.9 Å². The normalized spacial score (nSPS) is 15.4. The fraction of sp³-hybridized carbons (Fsp3) is 0.308. The summed E-state index contributed by atoms with van der Waals surface area (Å²) in [6.07, 6.45) is 1.62. The number of nitrogens with zero attached hydrogens (tertiary/aromatic N) is 3. The van der Waals surface area contributed by atoms with E-state index >= 15 is 0 Å². The summed E-state index contributed by atoms with van der Waals surface area (Å²) in [4.78, 5) is 44.4. The minimum atomic E-state index is -1.13. The fourth-order valence-corrected chi connectivity index (χ4v) is 4.01. The summed E-state index contributed by atoms with van der Waals surface area (Å²) < 4.78 is 20.6. The first-order chi connectivity index (χ1) is 17.9. The van der Waals surface area contributed by atoms with Gasteiger partial charge in [0.25, 0.3) is 5.91 Å². The lowest BCUT2D eigenvalue weighted by molar-refractivity contribution is -0.120. The second kappa shape index (κ2) is 10.6. The van der Waals surface area contributed by atoms with E-state index in [0.717, 1.165) is 4.68 Å². The molecule has 12 heteroatoms. The summed E-state index contributed by atoms with van der Waals surface area (Å²) in [5.41, 5.74) is 8.50. The molecule has 4 rings (SSSR count). The molecule has 2 heterocycles. The summed E-state index contributed by atoms with van der Waals surface area (Å²) in [5, 5.41) is 14.0. The molecule has 0 saturated heterocycles. The third-order valence-corrected chi connectivity index (χ3v) is 5.87. The monoisotopic (exact) mass is 525 g/mol. The van der Waals surface area contributed by atoms with Gasteiger partial charge in [-0.15, -0.1) is 0 Å². The molecule has 0 bridgehead atoms. The first-order valence-electron chi connectivity index (χ1n) is 11.7. The molecule has 1 aliphatic rings. The number of aliphatic hydroxyl groups is 1. The van der Waals surface area contributed by atoms with Crippen LogP contribution in [0.5, 0.6) is 5.75 Å². The molecule has 0 aliphatic carbocycles. The number of nitrogens with two attached hydrogens (primary N) is 1. The number of hydrogen-bond acceptors (Lipinski definition) is 7. The van der Waals surface area contributed by atoms with Crippen LogP contribution in [0.1, 0.15) is 46.9 Å². The van der Waals surface area contributed by atoms with Crippen molar-refractivity contribution in [2.45, 2.75) is 31.8 Å². The Kier molecular flexibility index (Phi) is 7.46. The van der Waals surface area contributed by atoms with E-state index in [1.165, 1.54) is 56.3 Å². The highest BCUT2D eigenvalue weighted by Crippen LogP contribution is 2.36. The van der Waals surface area contributed by atoms with Crippen molar-refractivity contribution in [1.29, 1.82) is 0 Å². The molecule has 0 saturated carbocycles. The highest BCUT2D eigenvalue weighted by Gasteiger charge is 2.35. The summed E-state index contributed by atoms with van der Waals surface area (Å²) >= 11 is 0. The predicted molar refractivity (Wildman–Crippen MR) is 134 cm³/mol. The second-order valence-corrected chi connectivity index (χ2v) is 9.60. The summed E-state index contributed by atoms with van der Waals surface area (Å²) in [6.45, 7) is 2.85. The van der Waals surface area contributed by atoms with E-state index in [1.807, 2.05) is 0 Å². The molecule has 0 spiro atoms. The van der Waals surface area contributed by atoms with E-state index in [1.54, 1.807) is 18.2 Å². The number of likely N-dealkylation sites (N-methyl/N-ethyl adjacent to an activating group) is 1. The lowest BCUT2D eigenvalue weighted by Crippen LogP contribution is -2.34. The number of aromatic nitrogens is 2. The number of halogens is 1. The van der Waals surface area contributed by atoms with Gasteiger partial charge in [-0.1, -0.05) is 12.1 Å². The number of benzene rings is 2. The third-order valence-electron chi connectivity index (χ3n) is 5.87. The maximum Gasteiger partial charge on any atom is 0.339 e. The lowest BCUT2D eigenvalue weighted by Gasteiger charge is -2.20. The molecule has 0 fully saturated rings. The number of hydrogen-bond donors (Lipinski definition) is 3. The van der Waals surface area contributed by atoms with Crippen molar-refractivity contribution in [3.8, 4) is 5.75 Å². The van der Waals surface area contributed by atoms with Crippen LogP contribution in [0.4, 0.5) is 14.9 Å². The molecular weight excluding hydrogens is 497 g/mol.